The molecule has 0 bridgehead atoms. The van der Waals surface area contributed by atoms with Gasteiger partial charge in [-0.15, -0.1) is 0 Å². The lowest BCUT2D eigenvalue weighted by molar-refractivity contribution is -0.124. The van der Waals surface area contributed by atoms with Crippen LogP contribution in [0.15, 0.2) is 36.4 Å². The SMILES string of the molecule is CCCOc1ccc(C(=O)OCC(=O)NC(C)c2ccc3c(c2)OCCO3)cc1OCC. The third-order valence-corrected chi connectivity index (χ3v) is 4.72. The molecule has 0 saturated heterocycles. The summed E-state index contributed by atoms with van der Waals surface area (Å²) in [4.78, 5) is 24.7. The molecule has 2 aromatic rings. The van der Waals surface area contributed by atoms with Crippen LogP contribution in [0.4, 0.5) is 0 Å². The number of amides is 1. The molecule has 3 rings (SSSR count). The second kappa shape index (κ2) is 11.3. The van der Waals surface area contributed by atoms with Gasteiger partial charge in [-0.3, -0.25) is 4.79 Å². The number of fused-ring (bicyclic) bond motifs is 1. The van der Waals surface area contributed by atoms with E-state index in [0.717, 1.165) is 12.0 Å². The van der Waals surface area contributed by atoms with Gasteiger partial charge in [-0.1, -0.05) is 13.0 Å². The van der Waals surface area contributed by atoms with E-state index in [9.17, 15) is 9.59 Å². The van der Waals surface area contributed by atoms with Gasteiger partial charge in [0.1, 0.15) is 13.2 Å². The quantitative estimate of drug-likeness (QED) is 0.560. The van der Waals surface area contributed by atoms with Crippen molar-refractivity contribution in [2.24, 2.45) is 0 Å². The first-order valence-electron chi connectivity index (χ1n) is 10.8. The van der Waals surface area contributed by atoms with Crippen LogP contribution in [0.3, 0.4) is 0 Å². The summed E-state index contributed by atoms with van der Waals surface area (Å²) in [5.41, 5.74) is 1.14. The van der Waals surface area contributed by atoms with Gasteiger partial charge in [0, 0.05) is 0 Å². The van der Waals surface area contributed by atoms with Crippen molar-refractivity contribution in [3.05, 3.63) is 47.5 Å². The number of hydrogen-bond donors (Lipinski definition) is 1. The number of ether oxygens (including phenoxy) is 5. The number of benzene rings is 2. The lowest BCUT2D eigenvalue weighted by Gasteiger charge is -2.21. The average molecular weight is 443 g/mol. The Labute approximate surface area is 187 Å². The maximum absolute atomic E-state index is 12.4. The van der Waals surface area contributed by atoms with E-state index in [2.05, 4.69) is 5.32 Å². The Hall–Kier alpha value is -3.42. The molecule has 1 aliphatic rings. The molecule has 0 radical (unpaired) electrons. The molecule has 1 N–H and O–H groups in total. The van der Waals surface area contributed by atoms with E-state index in [1.807, 2.05) is 39.0 Å². The molecular weight excluding hydrogens is 414 g/mol. The number of rotatable bonds is 10. The summed E-state index contributed by atoms with van der Waals surface area (Å²) in [6.45, 7) is 7.29. The van der Waals surface area contributed by atoms with Crippen LogP contribution in [-0.2, 0) is 9.53 Å². The summed E-state index contributed by atoms with van der Waals surface area (Å²) in [7, 11) is 0. The molecule has 0 aromatic heterocycles. The Morgan fingerprint density at radius 1 is 1.00 bits per heavy atom. The van der Waals surface area contributed by atoms with Crippen molar-refractivity contribution in [1.82, 2.24) is 5.32 Å². The van der Waals surface area contributed by atoms with Crippen molar-refractivity contribution in [3.8, 4) is 23.0 Å². The third-order valence-electron chi connectivity index (χ3n) is 4.72. The zero-order valence-electron chi connectivity index (χ0n) is 18.6. The van der Waals surface area contributed by atoms with E-state index in [0.29, 0.717) is 49.4 Å². The molecule has 1 heterocycles. The monoisotopic (exact) mass is 443 g/mol. The minimum absolute atomic E-state index is 0.282. The van der Waals surface area contributed by atoms with Gasteiger partial charge in [0.15, 0.2) is 29.6 Å². The van der Waals surface area contributed by atoms with Gasteiger partial charge in [-0.05, 0) is 56.2 Å². The number of carbonyl (C=O) groups is 2. The summed E-state index contributed by atoms with van der Waals surface area (Å²) < 4.78 is 27.5. The highest BCUT2D eigenvalue weighted by Crippen LogP contribution is 2.32. The zero-order valence-corrected chi connectivity index (χ0v) is 18.6. The van der Waals surface area contributed by atoms with Gasteiger partial charge in [0.05, 0.1) is 24.8 Å². The molecule has 0 fully saturated rings. The molecule has 1 atom stereocenters. The fourth-order valence-corrected chi connectivity index (χ4v) is 3.14. The molecular formula is C24H29NO7. The van der Waals surface area contributed by atoms with E-state index in [1.54, 1.807) is 18.2 Å². The Kier molecular flexibility index (Phi) is 8.19. The topological polar surface area (TPSA) is 92.3 Å². The molecule has 0 spiro atoms. The van der Waals surface area contributed by atoms with Crippen LogP contribution in [0, 0.1) is 0 Å². The highest BCUT2D eigenvalue weighted by atomic mass is 16.6. The minimum atomic E-state index is -0.616. The van der Waals surface area contributed by atoms with Gasteiger partial charge in [-0.2, -0.15) is 0 Å². The second-order valence-electron chi connectivity index (χ2n) is 7.21. The predicted molar refractivity (Wildman–Crippen MR) is 118 cm³/mol. The van der Waals surface area contributed by atoms with Gasteiger partial charge in [-0.25, -0.2) is 4.79 Å². The minimum Gasteiger partial charge on any atom is -0.490 e. The molecule has 1 unspecified atom stereocenters. The van der Waals surface area contributed by atoms with Crippen molar-refractivity contribution >= 4 is 11.9 Å². The van der Waals surface area contributed by atoms with Crippen LogP contribution in [0.25, 0.3) is 0 Å². The van der Waals surface area contributed by atoms with E-state index in [-0.39, 0.29) is 11.6 Å². The lowest BCUT2D eigenvalue weighted by Crippen LogP contribution is -2.31. The second-order valence-corrected chi connectivity index (χ2v) is 7.21. The summed E-state index contributed by atoms with van der Waals surface area (Å²) in [6.07, 6.45) is 0.856. The molecule has 8 nitrogen and oxygen atoms in total. The van der Waals surface area contributed by atoms with Crippen LogP contribution < -0.4 is 24.3 Å². The Balaban J connectivity index is 1.55. The molecule has 0 aliphatic carbocycles. The van der Waals surface area contributed by atoms with Crippen LogP contribution in [0.2, 0.25) is 0 Å². The molecule has 1 aliphatic heterocycles. The smallest absolute Gasteiger partial charge is 0.338 e. The molecule has 1 amide bonds. The standard InChI is InChI=1S/C24H29NO7/c1-4-10-29-19-9-7-18(14-21(19)28-5-2)24(27)32-15-23(26)25-16(3)17-6-8-20-22(13-17)31-12-11-30-20/h6-9,13-14,16H,4-5,10-12,15H2,1-3H3,(H,25,26). The molecule has 0 saturated carbocycles. The summed E-state index contributed by atoms with van der Waals surface area (Å²) in [5, 5.41) is 2.82. The Morgan fingerprint density at radius 3 is 2.53 bits per heavy atom. The van der Waals surface area contributed by atoms with Crippen molar-refractivity contribution in [2.75, 3.05) is 33.0 Å². The van der Waals surface area contributed by atoms with Crippen molar-refractivity contribution in [1.29, 1.82) is 0 Å². The predicted octanol–water partition coefficient (Wildman–Crippen LogP) is 3.68. The Bertz CT molecular complexity index is 944. The first-order chi connectivity index (χ1) is 15.5. The van der Waals surface area contributed by atoms with Crippen LogP contribution in [0.1, 0.15) is 49.2 Å². The van der Waals surface area contributed by atoms with Gasteiger partial charge in [0.2, 0.25) is 0 Å². The molecule has 172 valence electrons. The van der Waals surface area contributed by atoms with Crippen LogP contribution >= 0.6 is 0 Å². The van der Waals surface area contributed by atoms with Gasteiger partial charge >= 0.3 is 5.97 Å². The third kappa shape index (κ3) is 6.06. The lowest BCUT2D eigenvalue weighted by atomic mass is 10.1. The zero-order chi connectivity index (χ0) is 22.9. The number of carbonyl (C=O) groups excluding carboxylic acids is 2. The summed E-state index contributed by atoms with van der Waals surface area (Å²) >= 11 is 0. The molecule has 8 heteroatoms. The average Bonchev–Trinajstić information content (AvgIpc) is 2.81. The molecule has 2 aromatic carbocycles. The molecule has 32 heavy (non-hydrogen) atoms. The largest absolute Gasteiger partial charge is 0.490 e. The van der Waals surface area contributed by atoms with E-state index in [1.165, 1.54) is 0 Å². The number of hydrogen-bond acceptors (Lipinski definition) is 7. The first-order valence-corrected chi connectivity index (χ1v) is 10.8. The fourth-order valence-electron chi connectivity index (χ4n) is 3.14. The highest BCUT2D eigenvalue weighted by molar-refractivity contribution is 5.92. The summed E-state index contributed by atoms with van der Waals surface area (Å²) in [6, 6.07) is 10.0. The van der Waals surface area contributed by atoms with E-state index in [4.69, 9.17) is 23.7 Å². The maximum Gasteiger partial charge on any atom is 0.338 e. The van der Waals surface area contributed by atoms with Crippen molar-refractivity contribution in [3.63, 3.8) is 0 Å². The van der Waals surface area contributed by atoms with E-state index >= 15 is 0 Å². The van der Waals surface area contributed by atoms with Crippen molar-refractivity contribution < 1.29 is 33.3 Å². The first kappa shape index (κ1) is 23.2. The van der Waals surface area contributed by atoms with Crippen LogP contribution in [-0.4, -0.2) is 44.9 Å². The Morgan fingerprint density at radius 2 is 1.78 bits per heavy atom. The van der Waals surface area contributed by atoms with Gasteiger partial charge < -0.3 is 29.0 Å². The fraction of sp³-hybridized carbons (Fsp3) is 0.417. The van der Waals surface area contributed by atoms with Gasteiger partial charge in [0.25, 0.3) is 5.91 Å². The number of esters is 1. The highest BCUT2D eigenvalue weighted by Gasteiger charge is 2.18. The van der Waals surface area contributed by atoms with Crippen molar-refractivity contribution in [2.45, 2.75) is 33.2 Å². The normalized spacial score (nSPS) is 13.1. The van der Waals surface area contributed by atoms with E-state index < -0.39 is 18.5 Å². The number of nitrogens with one attached hydrogen (secondary N) is 1. The maximum atomic E-state index is 12.4. The summed E-state index contributed by atoms with van der Waals surface area (Å²) in [5.74, 6) is 1.34. The van der Waals surface area contributed by atoms with Crippen LogP contribution in [0.5, 0.6) is 23.0 Å².